The lowest BCUT2D eigenvalue weighted by atomic mass is 9.97. The number of anilines is 1. The Morgan fingerprint density at radius 2 is 1.79 bits per heavy atom. The average Bonchev–Trinajstić information content (AvgIpc) is 2.24. The molecule has 1 aromatic carbocycles. The Morgan fingerprint density at radius 1 is 1.21 bits per heavy atom. The molecular weight excluding hydrogens is 262 g/mol. The molecule has 2 rings (SSSR count). The first-order chi connectivity index (χ1) is 8.74. The molecule has 1 aliphatic rings. The number of morpholine rings is 1. The molecule has 104 valence electrons. The van der Waals surface area contributed by atoms with Crippen molar-refractivity contribution in [1.82, 2.24) is 0 Å². The standard InChI is InChI=1S/C15H20ClNO2/c1-14(2)9-17(10-15(3,4)19-14)13-7-5-6-12(16)11(13)8-18/h5-8H,9-10H2,1-4H3. The van der Waals surface area contributed by atoms with Crippen LogP contribution in [0.3, 0.4) is 0 Å². The highest BCUT2D eigenvalue weighted by molar-refractivity contribution is 6.33. The van der Waals surface area contributed by atoms with Crippen molar-refractivity contribution < 1.29 is 9.53 Å². The van der Waals surface area contributed by atoms with Crippen LogP contribution in [0.1, 0.15) is 38.1 Å². The van der Waals surface area contributed by atoms with Crippen LogP contribution in [-0.4, -0.2) is 30.6 Å². The predicted octanol–water partition coefficient (Wildman–Crippen LogP) is 3.55. The summed E-state index contributed by atoms with van der Waals surface area (Å²) in [5, 5.41) is 0.495. The molecule has 4 heteroatoms. The van der Waals surface area contributed by atoms with Gasteiger partial charge in [0.15, 0.2) is 6.29 Å². The number of carbonyl (C=O) groups is 1. The van der Waals surface area contributed by atoms with Crippen LogP contribution in [0.4, 0.5) is 5.69 Å². The van der Waals surface area contributed by atoms with E-state index < -0.39 is 0 Å². The van der Waals surface area contributed by atoms with Gasteiger partial charge in [-0.25, -0.2) is 0 Å². The van der Waals surface area contributed by atoms with E-state index in [1.807, 2.05) is 12.1 Å². The number of benzene rings is 1. The largest absolute Gasteiger partial charge is 0.366 e. The minimum Gasteiger partial charge on any atom is -0.366 e. The molecule has 0 unspecified atom stereocenters. The molecular formula is C15H20ClNO2. The molecule has 1 heterocycles. The first-order valence-electron chi connectivity index (χ1n) is 6.43. The maximum atomic E-state index is 11.3. The van der Waals surface area contributed by atoms with Gasteiger partial charge in [-0.15, -0.1) is 0 Å². The van der Waals surface area contributed by atoms with Gasteiger partial charge in [-0.3, -0.25) is 4.79 Å². The van der Waals surface area contributed by atoms with Gasteiger partial charge >= 0.3 is 0 Å². The van der Waals surface area contributed by atoms with E-state index in [0.29, 0.717) is 10.6 Å². The number of ether oxygens (including phenoxy) is 1. The second-order valence-electron chi connectivity index (χ2n) is 6.27. The van der Waals surface area contributed by atoms with Crippen molar-refractivity contribution in [3.8, 4) is 0 Å². The summed E-state index contributed by atoms with van der Waals surface area (Å²) in [4.78, 5) is 13.5. The van der Waals surface area contributed by atoms with E-state index in [1.165, 1.54) is 0 Å². The Kier molecular flexibility index (Phi) is 3.63. The zero-order valence-electron chi connectivity index (χ0n) is 11.9. The summed E-state index contributed by atoms with van der Waals surface area (Å²) in [6, 6.07) is 5.55. The van der Waals surface area contributed by atoms with Crippen LogP contribution < -0.4 is 4.90 Å². The van der Waals surface area contributed by atoms with Crippen molar-refractivity contribution in [1.29, 1.82) is 0 Å². The number of rotatable bonds is 2. The monoisotopic (exact) mass is 281 g/mol. The fraction of sp³-hybridized carbons (Fsp3) is 0.533. The topological polar surface area (TPSA) is 29.5 Å². The Hall–Kier alpha value is -1.06. The highest BCUT2D eigenvalue weighted by Crippen LogP contribution is 2.34. The van der Waals surface area contributed by atoms with Crippen LogP contribution in [-0.2, 0) is 4.74 Å². The van der Waals surface area contributed by atoms with Crippen molar-refractivity contribution in [2.45, 2.75) is 38.9 Å². The summed E-state index contributed by atoms with van der Waals surface area (Å²) in [6.07, 6.45) is 0.827. The molecule has 19 heavy (non-hydrogen) atoms. The third-order valence-corrected chi connectivity index (χ3v) is 3.51. The van der Waals surface area contributed by atoms with Gasteiger partial charge in [0.1, 0.15) is 0 Å². The van der Waals surface area contributed by atoms with Crippen LogP contribution in [0, 0.1) is 0 Å². The number of carbonyl (C=O) groups excluding carboxylic acids is 1. The molecule has 3 nitrogen and oxygen atoms in total. The van der Waals surface area contributed by atoms with Gasteiger partial charge in [0.25, 0.3) is 0 Å². The highest BCUT2D eigenvalue weighted by Gasteiger charge is 2.38. The molecule has 0 N–H and O–H groups in total. The molecule has 0 saturated carbocycles. The predicted molar refractivity (Wildman–Crippen MR) is 78.3 cm³/mol. The average molecular weight is 282 g/mol. The van der Waals surface area contributed by atoms with Crippen molar-refractivity contribution in [2.24, 2.45) is 0 Å². The Labute approximate surface area is 119 Å². The lowest BCUT2D eigenvalue weighted by Gasteiger charge is -2.48. The fourth-order valence-electron chi connectivity index (χ4n) is 2.88. The molecule has 1 saturated heterocycles. The second-order valence-corrected chi connectivity index (χ2v) is 6.68. The third kappa shape index (κ3) is 3.10. The second kappa shape index (κ2) is 4.80. The van der Waals surface area contributed by atoms with Gasteiger partial charge in [0.2, 0.25) is 0 Å². The minimum absolute atomic E-state index is 0.260. The maximum Gasteiger partial charge on any atom is 0.153 e. The summed E-state index contributed by atoms with van der Waals surface area (Å²) in [5.74, 6) is 0. The molecule has 0 aromatic heterocycles. The van der Waals surface area contributed by atoms with Gasteiger partial charge in [-0.05, 0) is 39.8 Å². The van der Waals surface area contributed by atoms with Crippen LogP contribution in [0.15, 0.2) is 18.2 Å². The first kappa shape index (κ1) is 14.4. The van der Waals surface area contributed by atoms with Gasteiger partial charge in [-0.1, -0.05) is 17.7 Å². The van der Waals surface area contributed by atoms with E-state index in [2.05, 4.69) is 32.6 Å². The lowest BCUT2D eigenvalue weighted by Crippen LogP contribution is -2.57. The summed E-state index contributed by atoms with van der Waals surface area (Å²) in [5.41, 5.74) is 0.915. The number of aldehydes is 1. The Balaban J connectivity index is 2.41. The quantitative estimate of drug-likeness (QED) is 0.777. The van der Waals surface area contributed by atoms with Crippen molar-refractivity contribution in [2.75, 3.05) is 18.0 Å². The van der Waals surface area contributed by atoms with Crippen molar-refractivity contribution >= 4 is 23.6 Å². The van der Waals surface area contributed by atoms with Gasteiger partial charge < -0.3 is 9.64 Å². The highest BCUT2D eigenvalue weighted by atomic mass is 35.5. The lowest BCUT2D eigenvalue weighted by molar-refractivity contribution is -0.133. The van der Waals surface area contributed by atoms with Crippen molar-refractivity contribution in [3.05, 3.63) is 28.8 Å². The van der Waals surface area contributed by atoms with E-state index in [1.54, 1.807) is 6.07 Å². The van der Waals surface area contributed by atoms with E-state index in [0.717, 1.165) is 25.1 Å². The Morgan fingerprint density at radius 3 is 2.32 bits per heavy atom. The van der Waals surface area contributed by atoms with Crippen LogP contribution >= 0.6 is 11.6 Å². The van der Waals surface area contributed by atoms with Crippen LogP contribution in [0.2, 0.25) is 5.02 Å². The molecule has 1 fully saturated rings. The molecule has 0 amide bonds. The summed E-state index contributed by atoms with van der Waals surface area (Å²) >= 11 is 6.10. The number of nitrogens with zero attached hydrogens (tertiary/aromatic N) is 1. The zero-order chi connectivity index (χ0) is 14.3. The SMILES string of the molecule is CC1(C)CN(c2cccc(Cl)c2C=O)CC(C)(C)O1. The molecule has 1 aromatic rings. The third-order valence-electron chi connectivity index (χ3n) is 3.18. The normalized spacial score (nSPS) is 21.2. The van der Waals surface area contributed by atoms with E-state index in [4.69, 9.17) is 16.3 Å². The van der Waals surface area contributed by atoms with Crippen molar-refractivity contribution in [3.63, 3.8) is 0 Å². The van der Waals surface area contributed by atoms with Gasteiger partial charge in [-0.2, -0.15) is 0 Å². The fourth-order valence-corrected chi connectivity index (χ4v) is 3.09. The molecule has 0 atom stereocenters. The summed E-state index contributed by atoms with van der Waals surface area (Å²) in [6.45, 7) is 9.71. The molecule has 0 spiro atoms. The zero-order valence-corrected chi connectivity index (χ0v) is 12.6. The van der Waals surface area contributed by atoms with Crippen LogP contribution in [0.5, 0.6) is 0 Å². The number of hydrogen-bond acceptors (Lipinski definition) is 3. The maximum absolute atomic E-state index is 11.3. The minimum atomic E-state index is -0.260. The molecule has 0 radical (unpaired) electrons. The van der Waals surface area contributed by atoms with E-state index >= 15 is 0 Å². The summed E-state index contributed by atoms with van der Waals surface area (Å²) in [7, 11) is 0. The summed E-state index contributed by atoms with van der Waals surface area (Å²) < 4.78 is 6.05. The van der Waals surface area contributed by atoms with E-state index in [9.17, 15) is 4.79 Å². The molecule has 1 aliphatic heterocycles. The number of halogens is 1. The smallest absolute Gasteiger partial charge is 0.153 e. The van der Waals surface area contributed by atoms with Crippen LogP contribution in [0.25, 0.3) is 0 Å². The van der Waals surface area contributed by atoms with E-state index in [-0.39, 0.29) is 11.2 Å². The van der Waals surface area contributed by atoms with Gasteiger partial charge in [0, 0.05) is 18.8 Å². The first-order valence-corrected chi connectivity index (χ1v) is 6.81. The number of hydrogen-bond donors (Lipinski definition) is 0. The molecule has 0 bridgehead atoms. The Bertz CT molecular complexity index is 481. The molecule has 0 aliphatic carbocycles. The van der Waals surface area contributed by atoms with Gasteiger partial charge in [0.05, 0.1) is 21.8 Å².